The molecular formula is C21H26N2O9S. The molecule has 2 amide bonds. The molecule has 1 unspecified atom stereocenters. The standard InChI is InChI=1S/C21H26N2O9S/c1-30-13-9-32-16(17(13)31-2)12(24)10-33-20-15(18(26)23(20)19(27)21(28)29)22-14(25)8-11-6-4-3-5-7-11/h3-7,13,15-17,19-20,27H,8-10H2,1-2H3,(H,22,25)(H,28,29)/t13-,15+,16+,17+,19?,20+/m0/s1. The lowest BCUT2D eigenvalue weighted by molar-refractivity contribution is -0.178. The van der Waals surface area contributed by atoms with E-state index in [-0.39, 0.29) is 24.6 Å². The Morgan fingerprint density at radius 1 is 1.24 bits per heavy atom. The third-order valence-corrected chi connectivity index (χ3v) is 6.77. The average molecular weight is 483 g/mol. The van der Waals surface area contributed by atoms with Crippen molar-refractivity contribution in [3.8, 4) is 0 Å². The number of aliphatic carboxylic acids is 1. The van der Waals surface area contributed by atoms with Gasteiger partial charge in [0.15, 0.2) is 5.78 Å². The molecule has 1 aromatic carbocycles. The highest BCUT2D eigenvalue weighted by Gasteiger charge is 2.53. The fraction of sp³-hybridized carbons (Fsp3) is 0.524. The van der Waals surface area contributed by atoms with Crippen LogP contribution in [0.3, 0.4) is 0 Å². The first-order chi connectivity index (χ1) is 15.8. The van der Waals surface area contributed by atoms with Crippen LogP contribution in [-0.4, -0.2) is 101 Å². The summed E-state index contributed by atoms with van der Waals surface area (Å²) >= 11 is 0.935. The normalized spacial score (nSPS) is 27.7. The molecule has 0 spiro atoms. The summed E-state index contributed by atoms with van der Waals surface area (Å²) in [4.78, 5) is 49.6. The molecule has 0 bridgehead atoms. The van der Waals surface area contributed by atoms with Crippen LogP contribution in [0.4, 0.5) is 0 Å². The van der Waals surface area contributed by atoms with Crippen molar-refractivity contribution in [3.63, 3.8) is 0 Å². The fourth-order valence-corrected chi connectivity index (χ4v) is 5.02. The number of likely N-dealkylation sites (tertiary alicyclic amines) is 1. The lowest BCUT2D eigenvalue weighted by Crippen LogP contribution is -2.73. The largest absolute Gasteiger partial charge is 0.478 e. The van der Waals surface area contributed by atoms with Crippen molar-refractivity contribution < 1.29 is 43.6 Å². The zero-order valence-corrected chi connectivity index (χ0v) is 18.9. The Labute approximate surface area is 194 Å². The number of carbonyl (C=O) groups excluding carboxylic acids is 3. The molecule has 2 heterocycles. The van der Waals surface area contributed by atoms with Crippen molar-refractivity contribution in [1.82, 2.24) is 10.2 Å². The van der Waals surface area contributed by atoms with E-state index in [9.17, 15) is 24.3 Å². The van der Waals surface area contributed by atoms with Crippen LogP contribution in [-0.2, 0) is 39.8 Å². The van der Waals surface area contributed by atoms with Gasteiger partial charge in [0.25, 0.3) is 5.91 Å². The lowest BCUT2D eigenvalue weighted by Gasteiger charge is -2.47. The highest BCUT2D eigenvalue weighted by atomic mass is 32.2. The molecule has 33 heavy (non-hydrogen) atoms. The molecule has 2 aliphatic heterocycles. The number of hydrogen-bond acceptors (Lipinski definition) is 9. The van der Waals surface area contributed by atoms with Gasteiger partial charge in [-0.25, -0.2) is 4.79 Å². The minimum absolute atomic E-state index is 0.0201. The second-order valence-electron chi connectivity index (χ2n) is 7.56. The first kappa shape index (κ1) is 25.1. The van der Waals surface area contributed by atoms with Crippen LogP contribution in [0, 0.1) is 0 Å². The maximum atomic E-state index is 12.7. The lowest BCUT2D eigenvalue weighted by atomic mass is 10.1. The average Bonchev–Trinajstić information content (AvgIpc) is 3.23. The smallest absolute Gasteiger partial charge is 0.354 e. The van der Waals surface area contributed by atoms with Gasteiger partial charge in [0.05, 0.1) is 18.8 Å². The summed E-state index contributed by atoms with van der Waals surface area (Å²) in [5, 5.41) is 20.7. The van der Waals surface area contributed by atoms with Crippen molar-refractivity contribution in [1.29, 1.82) is 0 Å². The van der Waals surface area contributed by atoms with E-state index in [0.29, 0.717) is 0 Å². The molecule has 3 N–H and O–H groups in total. The Morgan fingerprint density at radius 2 is 1.94 bits per heavy atom. The van der Waals surface area contributed by atoms with Crippen LogP contribution in [0.1, 0.15) is 5.56 Å². The maximum absolute atomic E-state index is 12.7. The molecule has 12 heteroatoms. The summed E-state index contributed by atoms with van der Waals surface area (Å²) in [6, 6.07) is 7.80. The molecule has 11 nitrogen and oxygen atoms in total. The number of benzene rings is 1. The second kappa shape index (κ2) is 11.1. The number of carbonyl (C=O) groups is 4. The number of Topliss-reactive ketones (excluding diaryl/α,β-unsaturated/α-hetero) is 1. The Bertz CT molecular complexity index is 884. The van der Waals surface area contributed by atoms with Gasteiger partial charge in [-0.15, -0.1) is 11.8 Å². The van der Waals surface area contributed by atoms with Gasteiger partial charge in [0.2, 0.25) is 12.1 Å². The van der Waals surface area contributed by atoms with Crippen LogP contribution in [0.25, 0.3) is 0 Å². The van der Waals surface area contributed by atoms with Crippen LogP contribution in [0.2, 0.25) is 0 Å². The summed E-state index contributed by atoms with van der Waals surface area (Å²) in [6.07, 6.45) is -3.97. The van der Waals surface area contributed by atoms with Crippen molar-refractivity contribution in [2.75, 3.05) is 26.6 Å². The summed E-state index contributed by atoms with van der Waals surface area (Å²) in [6.45, 7) is 0.181. The predicted octanol–water partition coefficient (Wildman–Crippen LogP) is -0.984. The number of ketones is 1. The number of carboxylic acid groups (broad SMARTS) is 1. The van der Waals surface area contributed by atoms with Crippen LogP contribution in [0.15, 0.2) is 30.3 Å². The Balaban J connectivity index is 1.65. The van der Waals surface area contributed by atoms with E-state index < -0.39 is 53.7 Å². The number of hydrogen-bond donors (Lipinski definition) is 3. The number of aliphatic hydroxyl groups is 1. The first-order valence-corrected chi connectivity index (χ1v) is 11.2. The molecule has 180 valence electrons. The van der Waals surface area contributed by atoms with Crippen molar-refractivity contribution >= 4 is 35.3 Å². The number of β-lactam (4-membered cyclic amide) rings is 1. The topological polar surface area (TPSA) is 152 Å². The Hall–Kier alpha value is -2.51. The van der Waals surface area contributed by atoms with Gasteiger partial charge in [0.1, 0.15) is 29.7 Å². The van der Waals surface area contributed by atoms with E-state index in [1.807, 2.05) is 6.07 Å². The zero-order chi connectivity index (χ0) is 24.1. The van der Waals surface area contributed by atoms with E-state index in [4.69, 9.17) is 19.3 Å². The fourth-order valence-electron chi connectivity index (χ4n) is 3.77. The molecule has 0 aromatic heterocycles. The van der Waals surface area contributed by atoms with E-state index >= 15 is 0 Å². The first-order valence-electron chi connectivity index (χ1n) is 10.2. The second-order valence-corrected chi connectivity index (χ2v) is 8.67. The summed E-state index contributed by atoms with van der Waals surface area (Å²) < 4.78 is 16.0. The van der Waals surface area contributed by atoms with Gasteiger partial charge in [-0.1, -0.05) is 30.3 Å². The number of methoxy groups -OCH3 is 2. The zero-order valence-electron chi connectivity index (χ0n) is 18.1. The van der Waals surface area contributed by atoms with E-state index in [1.165, 1.54) is 14.2 Å². The molecule has 3 rings (SSSR count). The van der Waals surface area contributed by atoms with Crippen LogP contribution >= 0.6 is 11.8 Å². The summed E-state index contributed by atoms with van der Waals surface area (Å²) in [5.41, 5.74) is 0.736. The summed E-state index contributed by atoms with van der Waals surface area (Å²) in [7, 11) is 2.92. The highest BCUT2D eigenvalue weighted by molar-refractivity contribution is 8.00. The summed E-state index contributed by atoms with van der Waals surface area (Å²) in [5.74, 6) is -3.31. The number of aliphatic hydroxyl groups excluding tert-OH is 1. The molecular weight excluding hydrogens is 456 g/mol. The molecule has 2 aliphatic rings. The van der Waals surface area contributed by atoms with E-state index in [1.54, 1.807) is 24.3 Å². The number of amides is 2. The Kier molecular flexibility index (Phi) is 8.43. The van der Waals surface area contributed by atoms with E-state index in [0.717, 1.165) is 22.2 Å². The van der Waals surface area contributed by atoms with Gasteiger partial charge in [-0.2, -0.15) is 0 Å². The molecule has 0 saturated carbocycles. The van der Waals surface area contributed by atoms with Crippen molar-refractivity contribution in [2.45, 2.75) is 42.4 Å². The number of thioether (sulfide) groups is 1. The third kappa shape index (κ3) is 5.53. The van der Waals surface area contributed by atoms with Gasteiger partial charge in [-0.05, 0) is 5.56 Å². The maximum Gasteiger partial charge on any atom is 0.354 e. The number of nitrogens with zero attached hydrogens (tertiary/aromatic N) is 1. The van der Waals surface area contributed by atoms with E-state index in [2.05, 4.69) is 5.32 Å². The third-order valence-electron chi connectivity index (χ3n) is 5.48. The quantitative estimate of drug-likeness (QED) is 0.336. The van der Waals surface area contributed by atoms with Crippen molar-refractivity contribution in [3.05, 3.63) is 35.9 Å². The van der Waals surface area contributed by atoms with Gasteiger partial charge in [-0.3, -0.25) is 19.3 Å². The number of rotatable bonds is 11. The molecule has 0 radical (unpaired) electrons. The number of carboxylic acids is 1. The molecule has 1 aromatic rings. The van der Waals surface area contributed by atoms with Crippen LogP contribution in [0.5, 0.6) is 0 Å². The number of ether oxygens (including phenoxy) is 3. The minimum Gasteiger partial charge on any atom is -0.478 e. The molecule has 2 saturated heterocycles. The SMILES string of the molecule is CO[C@@H]1[C@@H](OC)CO[C@@H]1C(=O)CS[C@@H]1[C@H](NC(=O)Cc2ccccc2)C(=O)N1C(O)C(=O)O. The van der Waals surface area contributed by atoms with Gasteiger partial charge in [0, 0.05) is 14.2 Å². The predicted molar refractivity (Wildman–Crippen MR) is 115 cm³/mol. The minimum atomic E-state index is -2.10. The highest BCUT2D eigenvalue weighted by Crippen LogP contribution is 2.33. The molecule has 6 atom stereocenters. The monoisotopic (exact) mass is 482 g/mol. The molecule has 2 fully saturated rings. The number of nitrogens with one attached hydrogen (secondary N) is 1. The van der Waals surface area contributed by atoms with Crippen molar-refractivity contribution in [2.24, 2.45) is 0 Å². The molecule has 0 aliphatic carbocycles. The van der Waals surface area contributed by atoms with Gasteiger partial charge < -0.3 is 29.7 Å². The van der Waals surface area contributed by atoms with Crippen LogP contribution < -0.4 is 5.32 Å². The Morgan fingerprint density at radius 3 is 2.55 bits per heavy atom. The van der Waals surface area contributed by atoms with Gasteiger partial charge >= 0.3 is 5.97 Å².